The molecular weight excluding hydrogens is 404 g/mol. The van der Waals surface area contributed by atoms with E-state index in [-0.39, 0.29) is 10.5 Å². The second-order valence-corrected chi connectivity index (χ2v) is 8.88. The van der Waals surface area contributed by atoms with Crippen LogP contribution in [0.4, 0.5) is 11.5 Å². The number of sulfonamides is 1. The summed E-state index contributed by atoms with van der Waals surface area (Å²) in [5.41, 5.74) is 2.86. The Morgan fingerprint density at radius 1 is 1.07 bits per heavy atom. The summed E-state index contributed by atoms with van der Waals surface area (Å²) >= 11 is 0. The highest BCUT2D eigenvalue weighted by atomic mass is 32.2. The Bertz CT molecular complexity index is 1160. The number of anilines is 2. The van der Waals surface area contributed by atoms with Gasteiger partial charge in [-0.05, 0) is 61.0 Å². The summed E-state index contributed by atoms with van der Waals surface area (Å²) in [6.07, 6.45) is 1.01. The van der Waals surface area contributed by atoms with Crippen molar-refractivity contribution >= 4 is 38.3 Å². The normalized spacial score (nSPS) is 11.3. The number of carbonyl (C=O) groups is 1. The number of amides is 1. The van der Waals surface area contributed by atoms with E-state index in [0.29, 0.717) is 5.69 Å². The van der Waals surface area contributed by atoms with Crippen molar-refractivity contribution in [2.75, 3.05) is 29.8 Å². The Morgan fingerprint density at radius 2 is 1.77 bits per heavy atom. The van der Waals surface area contributed by atoms with Crippen LogP contribution in [0.5, 0.6) is 0 Å². The lowest BCUT2D eigenvalue weighted by molar-refractivity contribution is 0.0706. The number of benzene rings is 2. The molecule has 9 heteroatoms. The molecule has 30 heavy (non-hydrogen) atoms. The number of nitrogens with one attached hydrogen (secondary N) is 1. The van der Waals surface area contributed by atoms with E-state index in [1.54, 1.807) is 23.7 Å². The standard InChI is InChI=1S/C21H24N4O4S/c1-4-13-24(2)20-12-7-16-14-18(10-11-19(16)22-20)30(28,29)25(3)17-8-5-15(6-9-17)21(26)23-27/h5-12,14,27H,4,13H2,1-3H3,(H,23,26). The highest BCUT2D eigenvalue weighted by Crippen LogP contribution is 2.26. The number of hydrogen-bond donors (Lipinski definition) is 2. The van der Waals surface area contributed by atoms with Crippen LogP contribution in [0.25, 0.3) is 10.9 Å². The van der Waals surface area contributed by atoms with Crippen LogP contribution < -0.4 is 14.7 Å². The number of fused-ring (bicyclic) bond motifs is 1. The molecule has 0 aliphatic carbocycles. The maximum Gasteiger partial charge on any atom is 0.274 e. The Balaban J connectivity index is 1.91. The van der Waals surface area contributed by atoms with Crippen molar-refractivity contribution in [3.63, 3.8) is 0 Å². The average molecular weight is 429 g/mol. The van der Waals surface area contributed by atoms with Gasteiger partial charge in [-0.15, -0.1) is 0 Å². The van der Waals surface area contributed by atoms with E-state index in [4.69, 9.17) is 5.21 Å². The van der Waals surface area contributed by atoms with Gasteiger partial charge in [0.05, 0.1) is 16.1 Å². The summed E-state index contributed by atoms with van der Waals surface area (Å²) in [5, 5.41) is 9.42. The van der Waals surface area contributed by atoms with Gasteiger partial charge in [0.2, 0.25) is 0 Å². The molecule has 0 aliphatic heterocycles. The van der Waals surface area contributed by atoms with Crippen molar-refractivity contribution in [2.24, 2.45) is 0 Å². The van der Waals surface area contributed by atoms with Crippen molar-refractivity contribution in [2.45, 2.75) is 18.2 Å². The van der Waals surface area contributed by atoms with Crippen molar-refractivity contribution in [3.05, 3.63) is 60.2 Å². The van der Waals surface area contributed by atoms with Gasteiger partial charge in [-0.3, -0.25) is 14.3 Å². The first kappa shape index (κ1) is 21.5. The lowest BCUT2D eigenvalue weighted by Crippen LogP contribution is -2.26. The first-order chi connectivity index (χ1) is 14.3. The second-order valence-electron chi connectivity index (χ2n) is 6.91. The van der Waals surface area contributed by atoms with E-state index in [0.717, 1.165) is 34.0 Å². The number of aromatic nitrogens is 1. The number of nitrogens with zero attached hydrogens (tertiary/aromatic N) is 3. The molecule has 0 saturated carbocycles. The molecule has 3 rings (SSSR count). The molecule has 158 valence electrons. The molecule has 0 saturated heterocycles. The van der Waals surface area contributed by atoms with Gasteiger partial charge < -0.3 is 4.90 Å². The van der Waals surface area contributed by atoms with Crippen molar-refractivity contribution in [1.29, 1.82) is 0 Å². The quantitative estimate of drug-likeness (QED) is 0.443. The molecule has 0 radical (unpaired) electrons. The molecule has 0 spiro atoms. The van der Waals surface area contributed by atoms with Crippen LogP contribution in [0, 0.1) is 0 Å². The average Bonchev–Trinajstić information content (AvgIpc) is 2.77. The van der Waals surface area contributed by atoms with Crippen LogP contribution in [0.15, 0.2) is 59.5 Å². The van der Waals surface area contributed by atoms with Crippen LogP contribution in [0.3, 0.4) is 0 Å². The van der Waals surface area contributed by atoms with Gasteiger partial charge in [-0.2, -0.15) is 0 Å². The molecular formula is C21H24N4O4S. The van der Waals surface area contributed by atoms with Gasteiger partial charge in [-0.1, -0.05) is 6.92 Å². The summed E-state index contributed by atoms with van der Waals surface area (Å²) in [5.74, 6) is 0.169. The third-order valence-corrected chi connectivity index (χ3v) is 6.63. The predicted octanol–water partition coefficient (Wildman–Crippen LogP) is 3.03. The van der Waals surface area contributed by atoms with Gasteiger partial charge in [0, 0.05) is 31.6 Å². The predicted molar refractivity (Wildman–Crippen MR) is 117 cm³/mol. The highest BCUT2D eigenvalue weighted by Gasteiger charge is 2.22. The molecule has 0 fully saturated rings. The van der Waals surface area contributed by atoms with Crippen LogP contribution in [0.2, 0.25) is 0 Å². The molecule has 2 N–H and O–H groups in total. The van der Waals surface area contributed by atoms with E-state index >= 15 is 0 Å². The van der Waals surface area contributed by atoms with E-state index in [1.165, 1.54) is 31.3 Å². The third-order valence-electron chi connectivity index (χ3n) is 4.85. The zero-order chi connectivity index (χ0) is 21.9. The maximum absolute atomic E-state index is 13.1. The van der Waals surface area contributed by atoms with Gasteiger partial charge in [0.25, 0.3) is 15.9 Å². The Hall–Kier alpha value is -3.17. The van der Waals surface area contributed by atoms with Gasteiger partial charge in [0.15, 0.2) is 0 Å². The van der Waals surface area contributed by atoms with E-state index < -0.39 is 15.9 Å². The fraction of sp³-hybridized carbons (Fsp3) is 0.238. The van der Waals surface area contributed by atoms with Crippen molar-refractivity contribution < 1.29 is 18.4 Å². The summed E-state index contributed by atoms with van der Waals surface area (Å²) in [6, 6.07) is 14.5. The minimum atomic E-state index is -3.81. The summed E-state index contributed by atoms with van der Waals surface area (Å²) < 4.78 is 27.3. The summed E-state index contributed by atoms with van der Waals surface area (Å²) in [6.45, 7) is 2.98. The van der Waals surface area contributed by atoms with Crippen molar-refractivity contribution in [3.8, 4) is 0 Å². The van der Waals surface area contributed by atoms with Gasteiger partial charge in [0.1, 0.15) is 5.82 Å². The molecule has 8 nitrogen and oxygen atoms in total. The molecule has 1 amide bonds. The zero-order valence-corrected chi connectivity index (χ0v) is 17.8. The summed E-state index contributed by atoms with van der Waals surface area (Å²) in [4.78, 5) is 18.3. The zero-order valence-electron chi connectivity index (χ0n) is 17.0. The minimum absolute atomic E-state index is 0.145. The molecule has 0 atom stereocenters. The number of hydrogen-bond acceptors (Lipinski definition) is 6. The third kappa shape index (κ3) is 4.22. The van der Waals surface area contributed by atoms with E-state index in [2.05, 4.69) is 16.8 Å². The Labute approximate surface area is 175 Å². The first-order valence-electron chi connectivity index (χ1n) is 9.43. The van der Waals surface area contributed by atoms with Crippen LogP contribution in [0.1, 0.15) is 23.7 Å². The van der Waals surface area contributed by atoms with E-state index in [1.807, 2.05) is 19.2 Å². The highest BCUT2D eigenvalue weighted by molar-refractivity contribution is 7.92. The van der Waals surface area contributed by atoms with Gasteiger partial charge in [-0.25, -0.2) is 18.9 Å². The number of carbonyl (C=O) groups excluding carboxylic acids is 1. The number of pyridine rings is 1. The fourth-order valence-electron chi connectivity index (χ4n) is 3.10. The number of rotatable bonds is 7. The van der Waals surface area contributed by atoms with Crippen LogP contribution >= 0.6 is 0 Å². The monoisotopic (exact) mass is 428 g/mol. The van der Waals surface area contributed by atoms with Gasteiger partial charge >= 0.3 is 0 Å². The molecule has 1 heterocycles. The van der Waals surface area contributed by atoms with Crippen molar-refractivity contribution in [1.82, 2.24) is 10.5 Å². The van der Waals surface area contributed by atoms with Crippen LogP contribution in [-0.2, 0) is 10.0 Å². The topological polar surface area (TPSA) is 103 Å². The Morgan fingerprint density at radius 3 is 2.40 bits per heavy atom. The second kappa shape index (κ2) is 8.68. The van der Waals surface area contributed by atoms with E-state index in [9.17, 15) is 13.2 Å². The molecule has 0 unspecified atom stereocenters. The SMILES string of the molecule is CCCN(C)c1ccc2cc(S(=O)(=O)N(C)c3ccc(C(=O)NO)cc3)ccc2n1. The first-order valence-corrected chi connectivity index (χ1v) is 10.9. The molecule has 0 aliphatic rings. The lowest BCUT2D eigenvalue weighted by Gasteiger charge is -2.20. The summed E-state index contributed by atoms with van der Waals surface area (Å²) in [7, 11) is -0.393. The van der Waals surface area contributed by atoms with Crippen LogP contribution in [-0.4, -0.2) is 45.2 Å². The fourth-order valence-corrected chi connectivity index (χ4v) is 4.33. The number of hydroxylamine groups is 1. The Kier molecular flexibility index (Phi) is 6.23. The molecule has 2 aromatic carbocycles. The minimum Gasteiger partial charge on any atom is -0.360 e. The molecule has 0 bridgehead atoms. The largest absolute Gasteiger partial charge is 0.360 e. The maximum atomic E-state index is 13.1. The smallest absolute Gasteiger partial charge is 0.274 e. The lowest BCUT2D eigenvalue weighted by atomic mass is 10.2. The molecule has 1 aromatic heterocycles. The molecule has 3 aromatic rings.